The number of thiazole rings is 1. The first-order valence-electron chi connectivity index (χ1n) is 8.45. The number of aliphatic hydroxyl groups is 1. The molecule has 2 N–H and O–H groups in total. The molecule has 0 aliphatic heterocycles. The maximum atomic E-state index is 11.3. The number of carboxylic acid groups (broad SMARTS) is 1. The number of carboxylic acids is 1. The van der Waals surface area contributed by atoms with Gasteiger partial charge in [0.1, 0.15) is 11.4 Å². The summed E-state index contributed by atoms with van der Waals surface area (Å²) in [7, 11) is 2.94. The van der Waals surface area contributed by atoms with Gasteiger partial charge in [0.05, 0.1) is 25.3 Å². The fraction of sp³-hybridized carbons (Fsp3) is 0.500. The first-order valence-corrected chi connectivity index (χ1v) is 9.33. The molecule has 142 valence electrons. The molecule has 0 radical (unpaired) electrons. The number of ether oxygens (including phenoxy) is 2. The molecule has 7 nitrogen and oxygen atoms in total. The molecule has 0 bridgehead atoms. The third kappa shape index (κ3) is 5.15. The predicted octanol–water partition coefficient (Wildman–Crippen LogP) is 3.40. The van der Waals surface area contributed by atoms with E-state index in [9.17, 15) is 15.0 Å². The summed E-state index contributed by atoms with van der Waals surface area (Å²) in [4.78, 5) is 20.1. The van der Waals surface area contributed by atoms with Crippen LogP contribution in [0.2, 0.25) is 0 Å². The van der Waals surface area contributed by atoms with Gasteiger partial charge in [0, 0.05) is 11.4 Å². The third-order valence-corrected chi connectivity index (χ3v) is 4.80. The molecule has 0 saturated carbocycles. The monoisotopic (exact) mass is 380 g/mol. The Labute approximate surface area is 156 Å². The molecule has 0 unspecified atom stereocenters. The molecule has 2 aromatic rings. The summed E-state index contributed by atoms with van der Waals surface area (Å²) in [6.45, 7) is 1.80. The van der Waals surface area contributed by atoms with Crippen LogP contribution in [0, 0.1) is 0 Å². The van der Waals surface area contributed by atoms with Crippen LogP contribution in [0.25, 0.3) is 11.4 Å². The largest absolute Gasteiger partial charge is 0.493 e. The highest BCUT2D eigenvalue weighted by molar-refractivity contribution is 7.09. The van der Waals surface area contributed by atoms with Gasteiger partial charge in [0.15, 0.2) is 17.2 Å². The van der Waals surface area contributed by atoms with Crippen molar-refractivity contribution in [2.45, 2.75) is 45.1 Å². The normalized spacial score (nSPS) is 12.0. The lowest BCUT2D eigenvalue weighted by atomic mass is 10.1. The van der Waals surface area contributed by atoms with Gasteiger partial charge in [-0.25, -0.2) is 14.8 Å². The van der Waals surface area contributed by atoms with Crippen LogP contribution >= 0.6 is 11.3 Å². The minimum Gasteiger partial charge on any atom is -0.493 e. The van der Waals surface area contributed by atoms with E-state index in [2.05, 4.69) is 9.97 Å². The zero-order valence-corrected chi connectivity index (χ0v) is 16.0. The SMILES string of the molecule is COc1cc(C(=O)O)nc(-c2csc(CCCCC[C@@H](C)O)n2)c1OC. The Kier molecular flexibility index (Phi) is 7.35. The molecule has 1 atom stereocenters. The number of hydrogen-bond donors (Lipinski definition) is 2. The van der Waals surface area contributed by atoms with Crippen molar-refractivity contribution in [2.75, 3.05) is 14.2 Å². The van der Waals surface area contributed by atoms with E-state index in [4.69, 9.17) is 9.47 Å². The highest BCUT2D eigenvalue weighted by Gasteiger charge is 2.20. The van der Waals surface area contributed by atoms with Gasteiger partial charge in [0.2, 0.25) is 0 Å². The fourth-order valence-corrected chi connectivity index (χ4v) is 3.39. The molecule has 26 heavy (non-hydrogen) atoms. The van der Waals surface area contributed by atoms with Crippen molar-refractivity contribution in [3.05, 3.63) is 22.1 Å². The lowest BCUT2D eigenvalue weighted by Crippen LogP contribution is -2.05. The predicted molar refractivity (Wildman–Crippen MR) is 99.3 cm³/mol. The van der Waals surface area contributed by atoms with Crippen molar-refractivity contribution in [1.82, 2.24) is 9.97 Å². The molecular weight excluding hydrogens is 356 g/mol. The van der Waals surface area contributed by atoms with Crippen LogP contribution < -0.4 is 9.47 Å². The van der Waals surface area contributed by atoms with Crippen LogP contribution in [0.1, 0.15) is 48.1 Å². The molecule has 0 fully saturated rings. The molecule has 0 aromatic carbocycles. The van der Waals surface area contributed by atoms with Gasteiger partial charge in [-0.15, -0.1) is 11.3 Å². The number of aliphatic hydroxyl groups excluding tert-OH is 1. The van der Waals surface area contributed by atoms with Crippen LogP contribution in [-0.4, -0.2) is 46.5 Å². The van der Waals surface area contributed by atoms with Gasteiger partial charge in [0.25, 0.3) is 0 Å². The number of pyridine rings is 1. The van der Waals surface area contributed by atoms with E-state index < -0.39 is 5.97 Å². The third-order valence-electron chi connectivity index (χ3n) is 3.89. The second-order valence-corrected chi connectivity index (χ2v) is 6.91. The number of nitrogens with zero attached hydrogens (tertiary/aromatic N) is 2. The van der Waals surface area contributed by atoms with Crippen LogP contribution in [0.5, 0.6) is 11.5 Å². The van der Waals surface area contributed by atoms with Crippen molar-refractivity contribution < 1.29 is 24.5 Å². The maximum absolute atomic E-state index is 11.3. The van der Waals surface area contributed by atoms with E-state index in [0.717, 1.165) is 37.1 Å². The average molecular weight is 380 g/mol. The van der Waals surface area contributed by atoms with E-state index in [1.165, 1.54) is 31.6 Å². The average Bonchev–Trinajstić information content (AvgIpc) is 3.08. The van der Waals surface area contributed by atoms with Crippen LogP contribution in [0.15, 0.2) is 11.4 Å². The molecule has 0 aliphatic rings. The summed E-state index contributed by atoms with van der Waals surface area (Å²) in [6.07, 6.45) is 4.40. The zero-order chi connectivity index (χ0) is 19.1. The second-order valence-electron chi connectivity index (χ2n) is 5.97. The Morgan fingerprint density at radius 2 is 2.00 bits per heavy atom. The first-order chi connectivity index (χ1) is 12.5. The highest BCUT2D eigenvalue weighted by atomic mass is 32.1. The summed E-state index contributed by atoms with van der Waals surface area (Å²) in [5, 5.41) is 21.3. The lowest BCUT2D eigenvalue weighted by molar-refractivity contribution is 0.0690. The molecule has 0 aliphatic carbocycles. The lowest BCUT2D eigenvalue weighted by Gasteiger charge is -2.11. The topological polar surface area (TPSA) is 102 Å². The number of rotatable bonds is 10. The summed E-state index contributed by atoms with van der Waals surface area (Å²) < 4.78 is 10.6. The molecule has 8 heteroatoms. The summed E-state index contributed by atoms with van der Waals surface area (Å²) in [5.41, 5.74) is 0.818. The minimum atomic E-state index is -1.14. The minimum absolute atomic E-state index is 0.120. The van der Waals surface area contributed by atoms with E-state index in [1.807, 2.05) is 5.38 Å². The fourth-order valence-electron chi connectivity index (χ4n) is 2.57. The van der Waals surface area contributed by atoms with Crippen molar-refractivity contribution in [2.24, 2.45) is 0 Å². The van der Waals surface area contributed by atoms with Gasteiger partial charge in [-0.3, -0.25) is 0 Å². The van der Waals surface area contributed by atoms with Gasteiger partial charge in [-0.1, -0.05) is 12.8 Å². The van der Waals surface area contributed by atoms with Crippen LogP contribution in [0.4, 0.5) is 0 Å². The molecular formula is C18H24N2O5S. The number of aryl methyl sites for hydroxylation is 1. The van der Waals surface area contributed by atoms with Crippen molar-refractivity contribution in [1.29, 1.82) is 0 Å². The molecule has 0 saturated heterocycles. The number of unbranched alkanes of at least 4 members (excludes halogenated alkanes) is 2. The van der Waals surface area contributed by atoms with Gasteiger partial charge < -0.3 is 19.7 Å². The zero-order valence-electron chi connectivity index (χ0n) is 15.2. The van der Waals surface area contributed by atoms with Crippen molar-refractivity contribution >= 4 is 17.3 Å². The molecule has 2 aromatic heterocycles. The standard InChI is InChI=1S/C18H24N2O5S/c1-11(21)7-5-4-6-8-15-19-13(10-26-15)16-17(25-3)14(24-2)9-12(20-16)18(22)23/h9-11,21H,4-8H2,1-3H3,(H,22,23)/t11-/m1/s1. The number of aromatic nitrogens is 2. The summed E-state index contributed by atoms with van der Waals surface area (Å²) in [5.74, 6) is -0.463. The number of methoxy groups -OCH3 is 2. The first kappa shape index (κ1) is 20.1. The second kappa shape index (κ2) is 9.49. The summed E-state index contributed by atoms with van der Waals surface area (Å²) >= 11 is 1.51. The van der Waals surface area contributed by atoms with E-state index in [-0.39, 0.29) is 11.8 Å². The number of aromatic carboxylic acids is 1. The molecule has 0 spiro atoms. The Morgan fingerprint density at radius 1 is 1.23 bits per heavy atom. The number of carbonyl (C=O) groups is 1. The van der Waals surface area contributed by atoms with E-state index in [1.54, 1.807) is 6.92 Å². The maximum Gasteiger partial charge on any atom is 0.354 e. The molecule has 2 heterocycles. The molecule has 2 rings (SSSR count). The Hall–Kier alpha value is -2.19. The van der Waals surface area contributed by atoms with Crippen molar-refractivity contribution in [3.63, 3.8) is 0 Å². The number of hydrogen-bond acceptors (Lipinski definition) is 7. The Morgan fingerprint density at radius 3 is 2.62 bits per heavy atom. The quantitative estimate of drug-likeness (QED) is 0.609. The summed E-state index contributed by atoms with van der Waals surface area (Å²) in [6, 6.07) is 1.33. The molecule has 0 amide bonds. The Bertz CT molecular complexity index is 745. The van der Waals surface area contributed by atoms with Gasteiger partial charge in [-0.2, -0.15) is 0 Å². The van der Waals surface area contributed by atoms with Crippen molar-refractivity contribution in [3.8, 4) is 22.9 Å². The van der Waals surface area contributed by atoms with Crippen LogP contribution in [0.3, 0.4) is 0 Å². The smallest absolute Gasteiger partial charge is 0.354 e. The van der Waals surface area contributed by atoms with E-state index in [0.29, 0.717) is 22.9 Å². The van der Waals surface area contributed by atoms with E-state index >= 15 is 0 Å². The van der Waals surface area contributed by atoms with Gasteiger partial charge >= 0.3 is 5.97 Å². The highest BCUT2D eigenvalue weighted by Crippen LogP contribution is 2.37. The Balaban J connectivity index is 2.17. The van der Waals surface area contributed by atoms with Gasteiger partial charge in [-0.05, 0) is 26.2 Å². The van der Waals surface area contributed by atoms with Crippen LogP contribution in [-0.2, 0) is 6.42 Å².